The Bertz CT molecular complexity index is 639. The Morgan fingerprint density at radius 3 is 1.77 bits per heavy atom. The number of hydrogen-bond donors (Lipinski definition) is 0. The quantitative estimate of drug-likeness (QED) is 0.303. The van der Waals surface area contributed by atoms with Gasteiger partial charge in [-0.05, 0) is 44.7 Å². The van der Waals surface area contributed by atoms with E-state index >= 15 is 0 Å². The zero-order valence-electron chi connectivity index (χ0n) is 16.2. The smallest absolute Gasteiger partial charge is 0.0691 e. The second kappa shape index (κ2) is 12.1. The molecular weight excluding hydrogens is 352 g/mol. The van der Waals surface area contributed by atoms with Crippen LogP contribution in [-0.4, -0.2) is 4.58 Å². The van der Waals surface area contributed by atoms with Gasteiger partial charge in [0.2, 0.25) is 0 Å². The van der Waals surface area contributed by atoms with Gasteiger partial charge in [-0.2, -0.15) is 0 Å². The van der Waals surface area contributed by atoms with Crippen molar-refractivity contribution in [2.75, 3.05) is 0 Å². The molecule has 0 heterocycles. The van der Waals surface area contributed by atoms with E-state index in [1.807, 2.05) is 23.5 Å². The first kappa shape index (κ1) is 20.9. The van der Waals surface area contributed by atoms with Crippen molar-refractivity contribution in [3.8, 4) is 0 Å². The first-order valence-corrected chi connectivity index (χ1v) is 11.3. The summed E-state index contributed by atoms with van der Waals surface area (Å²) >= 11 is 4.07. The molecule has 0 saturated heterocycles. The summed E-state index contributed by atoms with van der Waals surface area (Å²) in [5.74, 6) is 2.12. The Labute approximate surface area is 168 Å². The van der Waals surface area contributed by atoms with Crippen molar-refractivity contribution in [1.82, 2.24) is 0 Å². The number of hydrogen-bond acceptors (Lipinski definition) is 2. The fourth-order valence-electron chi connectivity index (χ4n) is 2.55. The Kier molecular flexibility index (Phi) is 9.73. The number of rotatable bonds is 10. The third-order valence-electron chi connectivity index (χ3n) is 4.03. The van der Waals surface area contributed by atoms with Crippen LogP contribution in [0.2, 0.25) is 0 Å². The number of allylic oxidation sites excluding steroid dienone is 3. The van der Waals surface area contributed by atoms with E-state index in [4.69, 9.17) is 0 Å². The van der Waals surface area contributed by atoms with Gasteiger partial charge in [0.1, 0.15) is 0 Å². The van der Waals surface area contributed by atoms with E-state index in [-0.39, 0.29) is 0 Å². The van der Waals surface area contributed by atoms with Gasteiger partial charge in [0.15, 0.2) is 0 Å². The molecule has 0 aliphatic heterocycles. The van der Waals surface area contributed by atoms with Gasteiger partial charge in [-0.25, -0.2) is 0 Å². The third kappa shape index (κ3) is 8.82. The van der Waals surface area contributed by atoms with E-state index in [9.17, 15) is 0 Å². The fourth-order valence-corrected chi connectivity index (χ4v) is 5.10. The molecule has 2 aromatic carbocycles. The molecule has 0 saturated carbocycles. The van der Waals surface area contributed by atoms with Crippen LogP contribution in [0.4, 0.5) is 0 Å². The molecule has 0 atom stereocenters. The van der Waals surface area contributed by atoms with Crippen molar-refractivity contribution in [3.63, 3.8) is 0 Å². The van der Waals surface area contributed by atoms with Crippen LogP contribution in [0.25, 0.3) is 0 Å². The SMILES string of the molecule is CC(C)=CCC/C(C)=C/C(SCc1ccccc1)SCc1ccccc1. The largest absolute Gasteiger partial charge is 0.139 e. The summed E-state index contributed by atoms with van der Waals surface area (Å²) in [7, 11) is 0. The monoisotopic (exact) mass is 382 g/mol. The minimum absolute atomic E-state index is 0.488. The maximum Gasteiger partial charge on any atom is 0.0691 e. The first-order chi connectivity index (χ1) is 12.6. The van der Waals surface area contributed by atoms with Crippen LogP contribution in [0.1, 0.15) is 44.7 Å². The van der Waals surface area contributed by atoms with E-state index in [0.29, 0.717) is 4.58 Å². The summed E-state index contributed by atoms with van der Waals surface area (Å²) in [5, 5.41) is 0. The van der Waals surface area contributed by atoms with Gasteiger partial charge >= 0.3 is 0 Å². The molecule has 0 aromatic heterocycles. The van der Waals surface area contributed by atoms with Gasteiger partial charge in [0.25, 0.3) is 0 Å². The molecule has 0 amide bonds. The second-order valence-electron chi connectivity index (χ2n) is 6.79. The van der Waals surface area contributed by atoms with Crippen LogP contribution >= 0.6 is 23.5 Å². The van der Waals surface area contributed by atoms with Gasteiger partial charge < -0.3 is 0 Å². The molecule has 0 radical (unpaired) electrons. The molecule has 0 unspecified atom stereocenters. The molecule has 2 aromatic rings. The molecule has 138 valence electrons. The molecule has 26 heavy (non-hydrogen) atoms. The van der Waals surface area contributed by atoms with Crippen LogP contribution in [0.5, 0.6) is 0 Å². The van der Waals surface area contributed by atoms with Crippen LogP contribution in [0.15, 0.2) is 84.0 Å². The lowest BCUT2D eigenvalue weighted by molar-refractivity contribution is 0.962. The Morgan fingerprint density at radius 1 is 0.808 bits per heavy atom. The number of thioether (sulfide) groups is 2. The minimum Gasteiger partial charge on any atom is -0.139 e. The molecule has 0 fully saturated rings. The summed E-state index contributed by atoms with van der Waals surface area (Å²) in [6.07, 6.45) is 7.10. The third-order valence-corrected chi connectivity index (χ3v) is 6.77. The molecule has 0 aliphatic rings. The maximum absolute atomic E-state index is 2.47. The van der Waals surface area contributed by atoms with E-state index in [1.54, 1.807) is 0 Å². The maximum atomic E-state index is 2.47. The van der Waals surface area contributed by atoms with Crippen LogP contribution in [-0.2, 0) is 11.5 Å². The predicted octanol–water partition coefficient (Wildman–Crippen LogP) is 7.87. The van der Waals surface area contributed by atoms with Crippen LogP contribution < -0.4 is 0 Å². The molecule has 2 rings (SSSR count). The molecule has 0 aliphatic carbocycles. The fraction of sp³-hybridized carbons (Fsp3) is 0.333. The average molecular weight is 383 g/mol. The van der Waals surface area contributed by atoms with Gasteiger partial charge in [-0.1, -0.05) is 84.0 Å². The van der Waals surface area contributed by atoms with Crippen molar-refractivity contribution in [2.24, 2.45) is 0 Å². The molecule has 0 spiro atoms. The van der Waals surface area contributed by atoms with Crippen molar-refractivity contribution in [2.45, 2.75) is 49.7 Å². The van der Waals surface area contributed by atoms with Gasteiger partial charge in [0, 0.05) is 11.5 Å². The summed E-state index contributed by atoms with van der Waals surface area (Å²) < 4.78 is 0.488. The highest BCUT2D eigenvalue weighted by Crippen LogP contribution is 2.32. The molecular formula is C24H30S2. The van der Waals surface area contributed by atoms with Crippen molar-refractivity contribution in [3.05, 3.63) is 95.1 Å². The molecule has 0 nitrogen and oxygen atoms in total. The lowest BCUT2D eigenvalue weighted by Crippen LogP contribution is -1.97. The molecule has 2 heteroatoms. The van der Waals surface area contributed by atoms with Gasteiger partial charge in [-0.15, -0.1) is 23.5 Å². The van der Waals surface area contributed by atoms with E-state index in [0.717, 1.165) is 24.3 Å². The topological polar surface area (TPSA) is 0 Å². The number of benzene rings is 2. The molecule has 0 bridgehead atoms. The van der Waals surface area contributed by atoms with E-state index in [1.165, 1.54) is 22.3 Å². The Balaban J connectivity index is 1.96. The normalized spacial score (nSPS) is 11.6. The lowest BCUT2D eigenvalue weighted by Gasteiger charge is -2.14. The Hall–Kier alpha value is -1.38. The standard InChI is InChI=1S/C24H30S2/c1-20(2)11-10-12-21(3)17-24(25-18-22-13-6-4-7-14-22)26-19-23-15-8-5-9-16-23/h4-9,11,13-17,24H,10,12,18-19H2,1-3H3/b21-17+. The highest BCUT2D eigenvalue weighted by atomic mass is 32.2. The van der Waals surface area contributed by atoms with E-state index in [2.05, 4.69) is 93.6 Å². The predicted molar refractivity (Wildman–Crippen MR) is 122 cm³/mol. The zero-order valence-corrected chi connectivity index (χ0v) is 17.8. The second-order valence-corrected chi connectivity index (χ2v) is 9.35. The highest BCUT2D eigenvalue weighted by molar-refractivity contribution is 8.16. The van der Waals surface area contributed by atoms with Crippen molar-refractivity contribution < 1.29 is 0 Å². The van der Waals surface area contributed by atoms with Crippen LogP contribution in [0.3, 0.4) is 0 Å². The summed E-state index contributed by atoms with van der Waals surface area (Å²) in [4.78, 5) is 0. The van der Waals surface area contributed by atoms with Crippen molar-refractivity contribution in [1.29, 1.82) is 0 Å². The van der Waals surface area contributed by atoms with Gasteiger partial charge in [0.05, 0.1) is 4.58 Å². The summed E-state index contributed by atoms with van der Waals surface area (Å²) in [6.45, 7) is 6.62. The highest BCUT2D eigenvalue weighted by Gasteiger charge is 2.09. The first-order valence-electron chi connectivity index (χ1n) is 9.25. The zero-order chi connectivity index (χ0) is 18.6. The van der Waals surface area contributed by atoms with Crippen molar-refractivity contribution >= 4 is 23.5 Å². The summed E-state index contributed by atoms with van der Waals surface area (Å²) in [5.41, 5.74) is 5.71. The van der Waals surface area contributed by atoms with E-state index < -0.39 is 0 Å². The van der Waals surface area contributed by atoms with Crippen LogP contribution in [0, 0.1) is 0 Å². The molecule has 0 N–H and O–H groups in total. The Morgan fingerprint density at radius 2 is 1.31 bits per heavy atom. The van der Waals surface area contributed by atoms with Gasteiger partial charge in [-0.3, -0.25) is 0 Å². The summed E-state index contributed by atoms with van der Waals surface area (Å²) in [6, 6.07) is 21.6. The minimum atomic E-state index is 0.488. The lowest BCUT2D eigenvalue weighted by atomic mass is 10.1. The average Bonchev–Trinajstić information content (AvgIpc) is 2.65.